The second-order valence-corrected chi connectivity index (χ2v) is 5.00. The van der Waals surface area contributed by atoms with Gasteiger partial charge in [-0.25, -0.2) is 0 Å². The van der Waals surface area contributed by atoms with Gasteiger partial charge in [-0.15, -0.1) is 0 Å². The number of benzene rings is 1. The van der Waals surface area contributed by atoms with E-state index in [0.717, 1.165) is 17.8 Å². The second-order valence-electron chi connectivity index (χ2n) is 5.00. The Kier molecular flexibility index (Phi) is 4.07. The molecule has 2 heterocycles. The van der Waals surface area contributed by atoms with Crippen LogP contribution >= 0.6 is 0 Å². The fraction of sp³-hybridized carbons (Fsp3) is 0.176. The van der Waals surface area contributed by atoms with Crippen LogP contribution in [0.1, 0.15) is 22.9 Å². The number of pyridine rings is 1. The van der Waals surface area contributed by atoms with E-state index in [2.05, 4.69) is 39.7 Å². The van der Waals surface area contributed by atoms with Crippen LogP contribution < -0.4 is 5.32 Å². The van der Waals surface area contributed by atoms with Crippen LogP contribution in [-0.2, 0) is 13.6 Å². The zero-order valence-electron chi connectivity index (χ0n) is 12.0. The Hall–Kier alpha value is -2.46. The first-order chi connectivity index (χ1) is 10.3. The van der Waals surface area contributed by atoms with Crippen molar-refractivity contribution in [2.24, 2.45) is 7.05 Å². The molecule has 0 spiro atoms. The molecule has 0 unspecified atom stereocenters. The molecule has 3 rings (SSSR count). The Bertz CT molecular complexity index is 637. The monoisotopic (exact) mass is 278 g/mol. The first-order valence-electron chi connectivity index (χ1n) is 7.00. The summed E-state index contributed by atoms with van der Waals surface area (Å²) in [6, 6.07) is 16.5. The highest BCUT2D eigenvalue weighted by Crippen LogP contribution is 2.20. The van der Waals surface area contributed by atoms with Crippen molar-refractivity contribution in [3.63, 3.8) is 0 Å². The molecule has 2 aromatic heterocycles. The molecule has 0 bridgehead atoms. The van der Waals surface area contributed by atoms with E-state index in [4.69, 9.17) is 0 Å². The lowest BCUT2D eigenvalue weighted by atomic mass is 10.0. The molecule has 0 amide bonds. The third-order valence-corrected chi connectivity index (χ3v) is 3.39. The third-order valence-electron chi connectivity index (χ3n) is 3.39. The van der Waals surface area contributed by atoms with Crippen molar-refractivity contribution in [1.82, 2.24) is 20.1 Å². The van der Waals surface area contributed by atoms with Crippen molar-refractivity contribution in [3.05, 3.63) is 83.9 Å². The van der Waals surface area contributed by atoms with Crippen molar-refractivity contribution in [2.75, 3.05) is 0 Å². The summed E-state index contributed by atoms with van der Waals surface area (Å²) in [6.45, 7) is 0.754. The Morgan fingerprint density at radius 1 is 1.10 bits per heavy atom. The zero-order chi connectivity index (χ0) is 14.5. The van der Waals surface area contributed by atoms with Crippen LogP contribution in [0.3, 0.4) is 0 Å². The average Bonchev–Trinajstić information content (AvgIpc) is 2.95. The molecule has 0 aliphatic carbocycles. The van der Waals surface area contributed by atoms with Crippen LogP contribution in [0.15, 0.2) is 67.1 Å². The van der Waals surface area contributed by atoms with E-state index < -0.39 is 0 Å². The minimum atomic E-state index is 0.0765. The van der Waals surface area contributed by atoms with Crippen molar-refractivity contribution in [2.45, 2.75) is 12.6 Å². The molecule has 0 saturated carbocycles. The number of aromatic nitrogens is 3. The molecule has 1 atom stereocenters. The average molecular weight is 278 g/mol. The fourth-order valence-electron chi connectivity index (χ4n) is 2.37. The molecule has 1 N–H and O–H groups in total. The van der Waals surface area contributed by atoms with Crippen LogP contribution in [0.2, 0.25) is 0 Å². The molecule has 0 saturated heterocycles. The third kappa shape index (κ3) is 3.35. The minimum Gasteiger partial charge on any atom is -0.301 e. The molecular weight excluding hydrogens is 260 g/mol. The SMILES string of the molecule is Cn1cc(CN[C@@H](c2ccccc2)c2ccccn2)cn1. The van der Waals surface area contributed by atoms with E-state index in [1.165, 1.54) is 5.56 Å². The summed E-state index contributed by atoms with van der Waals surface area (Å²) in [4.78, 5) is 4.49. The molecule has 0 aliphatic rings. The van der Waals surface area contributed by atoms with E-state index in [-0.39, 0.29) is 6.04 Å². The molecule has 0 fully saturated rings. The van der Waals surface area contributed by atoms with E-state index in [1.54, 1.807) is 0 Å². The summed E-state index contributed by atoms with van der Waals surface area (Å²) in [5, 5.41) is 7.77. The highest BCUT2D eigenvalue weighted by molar-refractivity contribution is 5.27. The van der Waals surface area contributed by atoms with E-state index in [9.17, 15) is 0 Å². The van der Waals surface area contributed by atoms with Crippen LogP contribution in [0.25, 0.3) is 0 Å². The van der Waals surface area contributed by atoms with Gasteiger partial charge in [-0.3, -0.25) is 9.67 Å². The molecule has 106 valence electrons. The van der Waals surface area contributed by atoms with Crippen molar-refractivity contribution in [1.29, 1.82) is 0 Å². The number of aryl methyl sites for hydroxylation is 1. The first kappa shape index (κ1) is 13.5. The van der Waals surface area contributed by atoms with Crippen LogP contribution in [0.4, 0.5) is 0 Å². The van der Waals surface area contributed by atoms with Crippen molar-refractivity contribution < 1.29 is 0 Å². The van der Waals surface area contributed by atoms with E-state index in [1.807, 2.05) is 54.6 Å². The van der Waals surface area contributed by atoms with E-state index in [0.29, 0.717) is 0 Å². The predicted octanol–water partition coefficient (Wildman–Crippen LogP) is 2.69. The van der Waals surface area contributed by atoms with Gasteiger partial charge in [-0.1, -0.05) is 36.4 Å². The highest BCUT2D eigenvalue weighted by Gasteiger charge is 2.14. The summed E-state index contributed by atoms with van der Waals surface area (Å²) >= 11 is 0. The smallest absolute Gasteiger partial charge is 0.0754 e. The van der Waals surface area contributed by atoms with Gasteiger partial charge in [-0.2, -0.15) is 5.10 Å². The molecule has 1 aromatic carbocycles. The van der Waals surface area contributed by atoms with Crippen molar-refractivity contribution in [3.8, 4) is 0 Å². The van der Waals surface area contributed by atoms with Gasteiger partial charge >= 0.3 is 0 Å². The van der Waals surface area contributed by atoms with Crippen molar-refractivity contribution >= 4 is 0 Å². The zero-order valence-corrected chi connectivity index (χ0v) is 12.0. The van der Waals surface area contributed by atoms with Gasteiger partial charge < -0.3 is 5.32 Å². The quantitative estimate of drug-likeness (QED) is 0.780. The van der Waals surface area contributed by atoms with Gasteiger partial charge in [0.15, 0.2) is 0 Å². The van der Waals surface area contributed by atoms with Crippen LogP contribution in [-0.4, -0.2) is 14.8 Å². The Balaban J connectivity index is 1.83. The van der Waals surface area contributed by atoms with Gasteiger partial charge in [0.1, 0.15) is 0 Å². The number of nitrogens with zero attached hydrogens (tertiary/aromatic N) is 3. The Morgan fingerprint density at radius 3 is 2.57 bits per heavy atom. The van der Waals surface area contributed by atoms with Gasteiger partial charge in [0.25, 0.3) is 0 Å². The largest absolute Gasteiger partial charge is 0.301 e. The summed E-state index contributed by atoms with van der Waals surface area (Å²) < 4.78 is 1.81. The Labute approximate surface area is 124 Å². The summed E-state index contributed by atoms with van der Waals surface area (Å²) in [7, 11) is 1.93. The maximum Gasteiger partial charge on any atom is 0.0754 e. The highest BCUT2D eigenvalue weighted by atomic mass is 15.2. The standard InChI is InChI=1S/C17H18N4/c1-21-13-14(12-20-21)11-19-17(15-7-3-2-4-8-15)16-9-5-6-10-18-16/h2-10,12-13,17,19H,11H2,1H3/t17-/m0/s1. The number of nitrogens with one attached hydrogen (secondary N) is 1. The Morgan fingerprint density at radius 2 is 1.90 bits per heavy atom. The van der Waals surface area contributed by atoms with E-state index >= 15 is 0 Å². The van der Waals surface area contributed by atoms with Crippen LogP contribution in [0, 0.1) is 0 Å². The molecular formula is C17H18N4. The fourth-order valence-corrected chi connectivity index (χ4v) is 2.37. The lowest BCUT2D eigenvalue weighted by Crippen LogP contribution is -2.22. The van der Waals surface area contributed by atoms with Gasteiger partial charge in [-0.05, 0) is 17.7 Å². The van der Waals surface area contributed by atoms with Gasteiger partial charge in [0.05, 0.1) is 17.9 Å². The predicted molar refractivity (Wildman–Crippen MR) is 82.6 cm³/mol. The molecule has 0 radical (unpaired) electrons. The molecule has 4 nitrogen and oxygen atoms in total. The minimum absolute atomic E-state index is 0.0765. The maximum atomic E-state index is 4.49. The lowest BCUT2D eigenvalue weighted by molar-refractivity contribution is 0.591. The number of rotatable bonds is 5. The van der Waals surface area contributed by atoms with Gasteiger partial charge in [0.2, 0.25) is 0 Å². The maximum absolute atomic E-state index is 4.49. The summed E-state index contributed by atoms with van der Waals surface area (Å²) in [6.07, 6.45) is 5.73. The topological polar surface area (TPSA) is 42.7 Å². The molecule has 0 aliphatic heterocycles. The number of hydrogen-bond acceptors (Lipinski definition) is 3. The molecule has 3 aromatic rings. The summed E-state index contributed by atoms with van der Waals surface area (Å²) in [5.74, 6) is 0. The molecule has 21 heavy (non-hydrogen) atoms. The normalized spacial score (nSPS) is 12.2. The lowest BCUT2D eigenvalue weighted by Gasteiger charge is -2.18. The van der Waals surface area contributed by atoms with Gasteiger partial charge in [0, 0.05) is 31.5 Å². The van der Waals surface area contributed by atoms with Crippen LogP contribution in [0.5, 0.6) is 0 Å². The first-order valence-corrected chi connectivity index (χ1v) is 7.00. The molecule has 4 heteroatoms. The number of hydrogen-bond donors (Lipinski definition) is 1. The second kappa shape index (κ2) is 6.33. The summed E-state index contributed by atoms with van der Waals surface area (Å²) in [5.41, 5.74) is 3.39.